The number of anilines is 2. The molecule has 252 valence electrons. The zero-order valence-corrected chi connectivity index (χ0v) is 29.0. The van der Waals surface area contributed by atoms with Crippen molar-refractivity contribution in [2.45, 2.75) is 82.7 Å². The van der Waals surface area contributed by atoms with Crippen molar-refractivity contribution in [2.75, 3.05) is 30.3 Å². The van der Waals surface area contributed by atoms with E-state index in [1.54, 1.807) is 60.7 Å². The summed E-state index contributed by atoms with van der Waals surface area (Å²) in [5.41, 5.74) is 4.47. The molecule has 0 saturated carbocycles. The smallest absolute Gasteiger partial charge is 0.206 e. The normalized spacial score (nSPS) is 26.1. The van der Waals surface area contributed by atoms with Crippen molar-refractivity contribution >= 4 is 31.0 Å². The van der Waals surface area contributed by atoms with Gasteiger partial charge in [-0.1, -0.05) is 43.3 Å². The second-order valence-electron chi connectivity index (χ2n) is 13.6. The van der Waals surface area contributed by atoms with E-state index in [4.69, 9.17) is 0 Å². The summed E-state index contributed by atoms with van der Waals surface area (Å²) in [7, 11) is -6.93. The summed E-state index contributed by atoms with van der Waals surface area (Å²) < 4.78 is 51.5. The predicted octanol–water partition coefficient (Wildman–Crippen LogP) is 6.20. The molecule has 0 amide bonds. The van der Waals surface area contributed by atoms with E-state index >= 15 is 0 Å². The lowest BCUT2D eigenvalue weighted by Crippen LogP contribution is -2.31. The molecule has 2 fully saturated rings. The van der Waals surface area contributed by atoms with E-state index in [9.17, 15) is 16.8 Å². The van der Waals surface area contributed by atoms with Crippen LogP contribution in [0, 0.1) is 5.92 Å². The number of sulfone groups is 2. The molecule has 0 bridgehead atoms. The van der Waals surface area contributed by atoms with E-state index in [0.29, 0.717) is 55.5 Å². The largest absolute Gasteiger partial charge is 0.381 e. The lowest BCUT2D eigenvalue weighted by molar-refractivity contribution is 0.454. The highest BCUT2D eigenvalue weighted by Crippen LogP contribution is 2.44. The first-order chi connectivity index (χ1) is 23.1. The molecule has 4 aliphatic heterocycles. The van der Waals surface area contributed by atoms with Crippen molar-refractivity contribution in [1.82, 2.24) is 10.6 Å². The van der Waals surface area contributed by atoms with Crippen LogP contribution >= 0.6 is 0 Å². The van der Waals surface area contributed by atoms with Crippen LogP contribution in [-0.2, 0) is 19.7 Å². The molecule has 0 radical (unpaired) electrons. The second-order valence-corrected chi connectivity index (χ2v) is 17.5. The van der Waals surface area contributed by atoms with E-state index < -0.39 is 19.7 Å². The van der Waals surface area contributed by atoms with Gasteiger partial charge in [0.15, 0.2) is 0 Å². The standard InChI is InChI=1S/2C19H22N2O2S/c1-13-12-20-10-9-16-17-11-15(7-8-18(17)21-19(13)16)24(22,23)14-5-3-2-4-6-14;1-13-11-19-16(9-10-20-13)17-12-15(7-8-18(17)21-19)24(22,23)14-5-3-2-4-6-14/h2-8,11,13,16,19-21H,9-10,12H2,1H3;2-8,12-13,16,19-21H,9-11H2,1H3/t13?,16-,19+;13?,16-,19-/m00/s1. The van der Waals surface area contributed by atoms with Crippen LogP contribution < -0.4 is 21.3 Å². The molecule has 4 heterocycles. The SMILES string of the molecule is CC1CNCC[C@H]2c3cc(S(=O)(=O)c4ccccc4)ccc3N[C@H]12.CC1C[C@@H]2Nc3ccc(S(=O)(=O)c4ccccc4)cc3[C@@H]2CCN1. The van der Waals surface area contributed by atoms with Gasteiger partial charge in [-0.3, -0.25) is 0 Å². The van der Waals surface area contributed by atoms with Gasteiger partial charge in [0.05, 0.1) is 19.6 Å². The minimum absolute atomic E-state index is 0.350. The summed E-state index contributed by atoms with van der Waals surface area (Å²) in [6.07, 6.45) is 3.12. The Hall–Kier alpha value is -3.70. The zero-order valence-electron chi connectivity index (χ0n) is 27.4. The summed E-state index contributed by atoms with van der Waals surface area (Å²) in [6, 6.07) is 29.6. The number of hydrogen-bond acceptors (Lipinski definition) is 8. The third-order valence-electron chi connectivity index (χ3n) is 10.4. The molecule has 4 aromatic carbocycles. The van der Waals surface area contributed by atoms with Gasteiger partial charge in [0.1, 0.15) is 0 Å². The first-order valence-corrected chi connectivity index (χ1v) is 19.9. The van der Waals surface area contributed by atoms with Crippen molar-refractivity contribution in [3.63, 3.8) is 0 Å². The van der Waals surface area contributed by atoms with Gasteiger partial charge in [-0.25, -0.2) is 16.8 Å². The highest BCUT2D eigenvalue weighted by molar-refractivity contribution is 7.91. The number of nitrogens with one attached hydrogen (secondary N) is 4. The Morgan fingerprint density at radius 3 is 1.75 bits per heavy atom. The van der Waals surface area contributed by atoms with Crippen LogP contribution in [-0.4, -0.2) is 54.6 Å². The highest BCUT2D eigenvalue weighted by Gasteiger charge is 2.38. The average molecular weight is 685 g/mol. The van der Waals surface area contributed by atoms with E-state index in [0.717, 1.165) is 61.4 Å². The van der Waals surface area contributed by atoms with Crippen LogP contribution in [0.2, 0.25) is 0 Å². The summed E-state index contributed by atoms with van der Waals surface area (Å²) in [6.45, 7) is 7.40. The van der Waals surface area contributed by atoms with Crippen LogP contribution in [0.15, 0.2) is 117 Å². The molecule has 4 N–H and O–H groups in total. The van der Waals surface area contributed by atoms with Crippen LogP contribution in [0.3, 0.4) is 0 Å². The van der Waals surface area contributed by atoms with E-state index in [1.807, 2.05) is 36.4 Å². The topological polar surface area (TPSA) is 116 Å². The maximum Gasteiger partial charge on any atom is 0.206 e. The fraction of sp³-hybridized carbons (Fsp3) is 0.368. The first-order valence-electron chi connectivity index (χ1n) is 17.0. The monoisotopic (exact) mass is 684 g/mol. The maximum atomic E-state index is 12.9. The summed E-state index contributed by atoms with van der Waals surface area (Å²) in [5, 5.41) is 14.2. The molecule has 4 aliphatic rings. The fourth-order valence-corrected chi connectivity index (χ4v) is 10.5. The molecule has 10 heteroatoms. The van der Waals surface area contributed by atoms with Crippen molar-refractivity contribution in [2.24, 2.45) is 5.92 Å². The lowest BCUT2D eigenvalue weighted by Gasteiger charge is -2.22. The maximum absolute atomic E-state index is 12.9. The first kappa shape index (κ1) is 32.8. The minimum Gasteiger partial charge on any atom is -0.381 e. The van der Waals surface area contributed by atoms with E-state index in [-0.39, 0.29) is 0 Å². The Morgan fingerprint density at radius 2 is 1.15 bits per heavy atom. The van der Waals surface area contributed by atoms with Gasteiger partial charge >= 0.3 is 0 Å². The van der Waals surface area contributed by atoms with Gasteiger partial charge in [0, 0.05) is 41.3 Å². The molecule has 48 heavy (non-hydrogen) atoms. The van der Waals surface area contributed by atoms with Gasteiger partial charge in [0.2, 0.25) is 19.7 Å². The number of hydrogen-bond donors (Lipinski definition) is 4. The predicted molar refractivity (Wildman–Crippen MR) is 190 cm³/mol. The molecule has 0 spiro atoms. The fourth-order valence-electron chi connectivity index (χ4n) is 7.87. The van der Waals surface area contributed by atoms with Crippen LogP contribution in [0.5, 0.6) is 0 Å². The molecule has 4 aromatic rings. The highest BCUT2D eigenvalue weighted by atomic mass is 32.2. The van der Waals surface area contributed by atoms with Gasteiger partial charge in [-0.2, -0.15) is 0 Å². The molecule has 2 unspecified atom stereocenters. The Morgan fingerprint density at radius 1 is 0.604 bits per heavy atom. The summed E-state index contributed by atoms with van der Waals surface area (Å²) in [5.74, 6) is 1.26. The quantitative estimate of drug-likeness (QED) is 0.201. The Bertz CT molecular complexity index is 1990. The van der Waals surface area contributed by atoms with Gasteiger partial charge < -0.3 is 21.3 Å². The second kappa shape index (κ2) is 13.3. The molecule has 0 aromatic heterocycles. The molecule has 8 rings (SSSR count). The molecule has 8 nitrogen and oxygen atoms in total. The van der Waals surface area contributed by atoms with Gasteiger partial charge in [0.25, 0.3) is 0 Å². The van der Waals surface area contributed by atoms with Crippen LogP contribution in [0.4, 0.5) is 11.4 Å². The van der Waals surface area contributed by atoms with Crippen molar-refractivity contribution in [1.29, 1.82) is 0 Å². The Kier molecular flexibility index (Phi) is 9.10. The summed E-state index contributed by atoms with van der Waals surface area (Å²) >= 11 is 0. The number of rotatable bonds is 4. The number of benzene rings is 4. The molecule has 2 saturated heterocycles. The van der Waals surface area contributed by atoms with E-state index in [1.165, 1.54) is 0 Å². The lowest BCUT2D eigenvalue weighted by atomic mass is 9.87. The van der Waals surface area contributed by atoms with Crippen molar-refractivity contribution in [3.8, 4) is 0 Å². The van der Waals surface area contributed by atoms with Gasteiger partial charge in [-0.05, 0) is 124 Å². The molecule has 6 atom stereocenters. The molecular weight excluding hydrogens is 641 g/mol. The van der Waals surface area contributed by atoms with Gasteiger partial charge in [-0.15, -0.1) is 0 Å². The third kappa shape index (κ3) is 6.27. The Labute approximate surface area is 284 Å². The van der Waals surface area contributed by atoms with E-state index in [2.05, 4.69) is 35.1 Å². The Balaban J connectivity index is 0.000000152. The summed E-state index contributed by atoms with van der Waals surface area (Å²) in [4.78, 5) is 1.48. The van der Waals surface area contributed by atoms with Crippen LogP contribution in [0.1, 0.15) is 56.1 Å². The third-order valence-corrected chi connectivity index (χ3v) is 14.0. The zero-order chi connectivity index (χ0) is 33.5. The van der Waals surface area contributed by atoms with Crippen molar-refractivity contribution in [3.05, 3.63) is 108 Å². The molecular formula is C38H44N4O4S2. The number of fused-ring (bicyclic) bond motifs is 6. The molecule has 0 aliphatic carbocycles. The average Bonchev–Trinajstić information content (AvgIpc) is 3.50. The minimum atomic E-state index is -3.46. The van der Waals surface area contributed by atoms with Crippen LogP contribution in [0.25, 0.3) is 0 Å². The van der Waals surface area contributed by atoms with Crippen molar-refractivity contribution < 1.29 is 16.8 Å².